The first-order chi connectivity index (χ1) is 8.33. The van der Waals surface area contributed by atoms with Gasteiger partial charge in [-0.3, -0.25) is 4.21 Å². The largest absolute Gasteiger partial charge is 0.380 e. The first-order valence-corrected chi connectivity index (χ1v) is 8.31. The summed E-state index contributed by atoms with van der Waals surface area (Å²) in [5.74, 6) is 0. The molecule has 0 bridgehead atoms. The van der Waals surface area contributed by atoms with Gasteiger partial charge in [0.1, 0.15) is 0 Å². The van der Waals surface area contributed by atoms with Crippen LogP contribution in [0.3, 0.4) is 0 Å². The summed E-state index contributed by atoms with van der Waals surface area (Å²) in [7, 11) is -0.703. The van der Waals surface area contributed by atoms with E-state index in [4.69, 9.17) is 4.74 Å². The smallest absolute Gasteiger partial charge is 0.0738 e. The second kappa shape index (κ2) is 6.86. The number of ether oxygens (including phenoxy) is 1. The highest BCUT2D eigenvalue weighted by molar-refractivity contribution is 7.86. The fourth-order valence-electron chi connectivity index (χ4n) is 2.87. The Morgan fingerprint density at radius 3 is 2.76 bits per heavy atom. The van der Waals surface area contributed by atoms with Gasteiger partial charge >= 0.3 is 0 Å². The zero-order chi connectivity index (χ0) is 12.1. The van der Waals surface area contributed by atoms with Crippen molar-refractivity contribution in [2.24, 2.45) is 0 Å². The summed E-state index contributed by atoms with van der Waals surface area (Å²) >= 11 is 0. The van der Waals surface area contributed by atoms with Gasteiger partial charge in [0.2, 0.25) is 0 Å². The van der Waals surface area contributed by atoms with E-state index in [2.05, 4.69) is 12.2 Å². The quantitative estimate of drug-likeness (QED) is 0.818. The zero-order valence-electron chi connectivity index (χ0n) is 10.8. The van der Waals surface area contributed by atoms with Crippen molar-refractivity contribution in [2.45, 2.75) is 62.0 Å². The third-order valence-electron chi connectivity index (χ3n) is 3.89. The molecule has 2 rings (SSSR count). The van der Waals surface area contributed by atoms with Gasteiger partial charge in [0, 0.05) is 28.7 Å². The van der Waals surface area contributed by atoms with Crippen molar-refractivity contribution in [1.82, 2.24) is 5.32 Å². The van der Waals surface area contributed by atoms with Crippen molar-refractivity contribution < 1.29 is 8.95 Å². The van der Waals surface area contributed by atoms with Gasteiger partial charge in [-0.1, -0.05) is 19.8 Å². The topological polar surface area (TPSA) is 38.3 Å². The van der Waals surface area contributed by atoms with E-state index >= 15 is 0 Å². The Balaban J connectivity index is 1.92. The molecule has 1 saturated heterocycles. The van der Waals surface area contributed by atoms with Gasteiger partial charge in [0.25, 0.3) is 0 Å². The molecule has 1 heterocycles. The summed E-state index contributed by atoms with van der Waals surface area (Å²) in [4.78, 5) is 0. The van der Waals surface area contributed by atoms with E-state index in [0.717, 1.165) is 38.8 Å². The summed E-state index contributed by atoms with van der Waals surface area (Å²) in [6.07, 6.45) is 6.99. The molecule has 3 atom stereocenters. The van der Waals surface area contributed by atoms with Crippen LogP contribution in [-0.2, 0) is 15.5 Å². The molecule has 2 aliphatic rings. The van der Waals surface area contributed by atoms with E-state index in [1.807, 2.05) is 0 Å². The summed E-state index contributed by atoms with van der Waals surface area (Å²) < 4.78 is 18.1. The van der Waals surface area contributed by atoms with Crippen LogP contribution in [-0.4, -0.2) is 40.5 Å². The van der Waals surface area contributed by atoms with E-state index in [1.54, 1.807) is 0 Å². The Bertz CT molecular complexity index is 254. The van der Waals surface area contributed by atoms with E-state index in [-0.39, 0.29) is 5.25 Å². The van der Waals surface area contributed by atoms with Crippen molar-refractivity contribution in [3.8, 4) is 0 Å². The Hall–Kier alpha value is 0.0700. The fourth-order valence-corrected chi connectivity index (χ4v) is 4.95. The molecule has 17 heavy (non-hydrogen) atoms. The minimum absolute atomic E-state index is 0.221. The normalized spacial score (nSPS) is 32.8. The van der Waals surface area contributed by atoms with Crippen molar-refractivity contribution in [3.05, 3.63) is 0 Å². The Labute approximate surface area is 107 Å². The molecule has 1 aliphatic heterocycles. The molecule has 1 saturated carbocycles. The molecular formula is C13H25NO2S. The maximum atomic E-state index is 12.6. The average Bonchev–Trinajstić information content (AvgIpc) is 2.89. The minimum Gasteiger partial charge on any atom is -0.380 e. The lowest BCUT2D eigenvalue weighted by atomic mass is 10.1. The van der Waals surface area contributed by atoms with Crippen molar-refractivity contribution in [2.75, 3.05) is 19.8 Å². The second-order valence-electron chi connectivity index (χ2n) is 5.20. The van der Waals surface area contributed by atoms with Gasteiger partial charge in [-0.25, -0.2) is 0 Å². The van der Waals surface area contributed by atoms with E-state index in [1.165, 1.54) is 12.8 Å². The summed E-state index contributed by atoms with van der Waals surface area (Å²) in [5.41, 5.74) is 0. The van der Waals surface area contributed by atoms with Crippen LogP contribution in [0.4, 0.5) is 0 Å². The lowest BCUT2D eigenvalue weighted by Gasteiger charge is -2.33. The molecule has 3 unspecified atom stereocenters. The Kier molecular flexibility index (Phi) is 5.45. The molecule has 0 amide bonds. The maximum absolute atomic E-state index is 12.6. The molecule has 2 fully saturated rings. The molecule has 0 aromatic rings. The highest BCUT2D eigenvalue weighted by Gasteiger charge is 2.35. The van der Waals surface area contributed by atoms with Crippen LogP contribution in [0.15, 0.2) is 0 Å². The second-order valence-corrected chi connectivity index (χ2v) is 7.13. The molecule has 1 aliphatic carbocycles. The molecule has 0 aromatic carbocycles. The summed E-state index contributed by atoms with van der Waals surface area (Å²) in [6, 6.07) is 0.408. The SMILES string of the molecule is CCCNC1CCOCC1S(=O)C1CCCC1. The lowest BCUT2D eigenvalue weighted by molar-refractivity contribution is 0.0819. The third-order valence-corrected chi connectivity index (χ3v) is 6.08. The first-order valence-electron chi connectivity index (χ1n) is 7.03. The van der Waals surface area contributed by atoms with Crippen LogP contribution in [0.2, 0.25) is 0 Å². The number of hydrogen-bond acceptors (Lipinski definition) is 3. The van der Waals surface area contributed by atoms with Crippen molar-refractivity contribution in [1.29, 1.82) is 0 Å². The number of hydrogen-bond donors (Lipinski definition) is 1. The van der Waals surface area contributed by atoms with Gasteiger partial charge in [-0.05, 0) is 32.2 Å². The highest BCUT2D eigenvalue weighted by atomic mass is 32.2. The standard InChI is InChI=1S/C13H25NO2S/c1-2-8-14-12-7-9-16-10-13(12)17(15)11-5-3-4-6-11/h11-14H,2-10H2,1H3. The van der Waals surface area contributed by atoms with Gasteiger partial charge in [-0.15, -0.1) is 0 Å². The molecule has 0 spiro atoms. The van der Waals surface area contributed by atoms with E-state index < -0.39 is 10.8 Å². The lowest BCUT2D eigenvalue weighted by Crippen LogP contribution is -2.50. The van der Waals surface area contributed by atoms with E-state index in [0.29, 0.717) is 17.9 Å². The van der Waals surface area contributed by atoms with Gasteiger partial charge in [0.15, 0.2) is 0 Å². The molecule has 0 aromatic heterocycles. The van der Waals surface area contributed by atoms with Gasteiger partial charge in [0.05, 0.1) is 11.9 Å². The highest BCUT2D eigenvalue weighted by Crippen LogP contribution is 2.27. The van der Waals surface area contributed by atoms with E-state index in [9.17, 15) is 4.21 Å². The van der Waals surface area contributed by atoms with Crippen molar-refractivity contribution in [3.63, 3.8) is 0 Å². The molecule has 4 heteroatoms. The predicted octanol–water partition coefficient (Wildman–Crippen LogP) is 1.83. The van der Waals surface area contributed by atoms with Crippen LogP contribution >= 0.6 is 0 Å². The summed E-state index contributed by atoms with van der Waals surface area (Å²) in [6.45, 7) is 4.71. The van der Waals surface area contributed by atoms with Crippen molar-refractivity contribution >= 4 is 10.8 Å². The molecule has 1 N–H and O–H groups in total. The molecule has 0 radical (unpaired) electrons. The minimum atomic E-state index is -0.703. The molecular weight excluding hydrogens is 234 g/mol. The maximum Gasteiger partial charge on any atom is 0.0738 e. The van der Waals surface area contributed by atoms with Gasteiger partial charge in [-0.2, -0.15) is 0 Å². The monoisotopic (exact) mass is 259 g/mol. The first kappa shape index (κ1) is 13.5. The zero-order valence-corrected chi connectivity index (χ0v) is 11.6. The van der Waals surface area contributed by atoms with Crippen LogP contribution < -0.4 is 5.32 Å². The third kappa shape index (κ3) is 3.52. The summed E-state index contributed by atoms with van der Waals surface area (Å²) in [5, 5.41) is 4.21. The van der Waals surface area contributed by atoms with Gasteiger partial charge < -0.3 is 10.1 Å². The molecule has 3 nitrogen and oxygen atoms in total. The molecule has 100 valence electrons. The van der Waals surface area contributed by atoms with Crippen LogP contribution in [0.5, 0.6) is 0 Å². The number of nitrogens with one attached hydrogen (secondary N) is 1. The Morgan fingerprint density at radius 2 is 2.06 bits per heavy atom. The van der Waals surface area contributed by atoms with Crippen LogP contribution in [0.1, 0.15) is 45.4 Å². The van der Waals surface area contributed by atoms with Crippen LogP contribution in [0.25, 0.3) is 0 Å². The predicted molar refractivity (Wildman–Crippen MR) is 71.7 cm³/mol. The van der Waals surface area contributed by atoms with Crippen LogP contribution in [0, 0.1) is 0 Å². The fraction of sp³-hybridized carbons (Fsp3) is 1.00. The Morgan fingerprint density at radius 1 is 1.29 bits per heavy atom. The average molecular weight is 259 g/mol. The number of rotatable bonds is 5.